The summed E-state index contributed by atoms with van der Waals surface area (Å²) in [4.78, 5) is 14.8. The normalized spacial score (nSPS) is 10.9. The first kappa shape index (κ1) is 17.7. The average molecular weight is 290 g/mol. The Morgan fingerprint density at radius 1 is 1.05 bits per heavy atom. The van der Waals surface area contributed by atoms with Gasteiger partial charge in [0.2, 0.25) is 5.91 Å². The molecule has 0 saturated carbocycles. The van der Waals surface area contributed by atoms with Crippen molar-refractivity contribution in [2.45, 2.75) is 59.4 Å². The van der Waals surface area contributed by atoms with Gasteiger partial charge in [-0.25, -0.2) is 0 Å². The predicted molar refractivity (Wildman–Crippen MR) is 90.3 cm³/mol. The number of anilines is 1. The zero-order valence-electron chi connectivity index (χ0n) is 13.8. The van der Waals surface area contributed by atoms with Gasteiger partial charge in [-0.05, 0) is 37.0 Å². The molecule has 0 radical (unpaired) electrons. The second kappa shape index (κ2) is 9.56. The topological polar surface area (TPSA) is 46.3 Å². The first-order valence-electron chi connectivity index (χ1n) is 8.28. The molecule has 3 heteroatoms. The Kier molecular flexibility index (Phi) is 8.06. The van der Waals surface area contributed by atoms with Crippen LogP contribution in [0.5, 0.6) is 0 Å². The first-order chi connectivity index (χ1) is 10.2. The van der Waals surface area contributed by atoms with Crippen LogP contribution in [0.3, 0.4) is 0 Å². The molecule has 1 amide bonds. The SMILES string of the molecule is CCCC(CCC)C(=O)N(CCC)c1ccc(CN)cc1. The Bertz CT molecular complexity index is 408. The van der Waals surface area contributed by atoms with Crippen LogP contribution in [0.15, 0.2) is 24.3 Å². The number of amides is 1. The number of hydrogen-bond donors (Lipinski definition) is 1. The molecule has 118 valence electrons. The van der Waals surface area contributed by atoms with Gasteiger partial charge in [0.05, 0.1) is 0 Å². The molecule has 1 rings (SSSR count). The minimum atomic E-state index is 0.153. The maximum Gasteiger partial charge on any atom is 0.230 e. The Balaban J connectivity index is 2.94. The number of nitrogens with zero attached hydrogens (tertiary/aromatic N) is 1. The van der Waals surface area contributed by atoms with Crippen molar-refractivity contribution in [1.29, 1.82) is 0 Å². The van der Waals surface area contributed by atoms with E-state index in [4.69, 9.17) is 5.73 Å². The minimum absolute atomic E-state index is 0.153. The smallest absolute Gasteiger partial charge is 0.230 e. The summed E-state index contributed by atoms with van der Waals surface area (Å²) in [5.41, 5.74) is 7.74. The quantitative estimate of drug-likeness (QED) is 0.744. The number of hydrogen-bond acceptors (Lipinski definition) is 2. The van der Waals surface area contributed by atoms with Crippen LogP contribution in [0, 0.1) is 5.92 Å². The lowest BCUT2D eigenvalue weighted by molar-refractivity contribution is -0.122. The molecule has 21 heavy (non-hydrogen) atoms. The molecular formula is C18H30N2O. The van der Waals surface area contributed by atoms with Crippen molar-refractivity contribution >= 4 is 11.6 Å². The molecule has 3 nitrogen and oxygen atoms in total. The summed E-state index contributed by atoms with van der Waals surface area (Å²) >= 11 is 0. The zero-order valence-corrected chi connectivity index (χ0v) is 13.8. The third-order valence-corrected chi connectivity index (χ3v) is 3.82. The second-order valence-corrected chi connectivity index (χ2v) is 5.63. The third kappa shape index (κ3) is 5.16. The molecule has 0 saturated heterocycles. The van der Waals surface area contributed by atoms with E-state index >= 15 is 0 Å². The number of benzene rings is 1. The summed E-state index contributed by atoms with van der Waals surface area (Å²) in [7, 11) is 0. The van der Waals surface area contributed by atoms with Crippen LogP contribution >= 0.6 is 0 Å². The Labute approximate surface area is 129 Å². The Morgan fingerprint density at radius 2 is 1.62 bits per heavy atom. The maximum atomic E-state index is 12.9. The molecule has 2 N–H and O–H groups in total. The van der Waals surface area contributed by atoms with E-state index in [1.165, 1.54) is 0 Å². The van der Waals surface area contributed by atoms with Crippen molar-refractivity contribution < 1.29 is 4.79 Å². The predicted octanol–water partition coefficient (Wildman–Crippen LogP) is 4.10. The molecule has 0 fully saturated rings. The molecule has 0 atom stereocenters. The van der Waals surface area contributed by atoms with Crippen LogP contribution in [-0.2, 0) is 11.3 Å². The molecule has 0 heterocycles. The highest BCUT2D eigenvalue weighted by atomic mass is 16.2. The largest absolute Gasteiger partial charge is 0.326 e. The number of carbonyl (C=O) groups is 1. The zero-order chi connectivity index (χ0) is 15.7. The van der Waals surface area contributed by atoms with E-state index in [2.05, 4.69) is 20.8 Å². The highest BCUT2D eigenvalue weighted by Gasteiger charge is 2.23. The van der Waals surface area contributed by atoms with Gasteiger partial charge in [0.15, 0.2) is 0 Å². The number of nitrogens with two attached hydrogens (primary N) is 1. The molecule has 0 aliphatic rings. The first-order valence-corrected chi connectivity index (χ1v) is 8.28. The van der Waals surface area contributed by atoms with Crippen LogP contribution in [0.25, 0.3) is 0 Å². The summed E-state index contributed by atoms with van der Waals surface area (Å²) in [5, 5.41) is 0. The van der Waals surface area contributed by atoms with Crippen molar-refractivity contribution in [2.24, 2.45) is 11.7 Å². The standard InChI is InChI=1S/C18H30N2O/c1-4-7-16(8-5-2)18(21)20(13-6-3)17-11-9-15(14-19)10-12-17/h9-12,16H,4-8,13-14,19H2,1-3H3. The van der Waals surface area contributed by atoms with Crippen molar-refractivity contribution in [3.8, 4) is 0 Å². The molecule has 1 aromatic carbocycles. The fourth-order valence-electron chi connectivity index (χ4n) is 2.71. The van der Waals surface area contributed by atoms with Crippen molar-refractivity contribution in [3.63, 3.8) is 0 Å². The van der Waals surface area contributed by atoms with E-state index in [0.29, 0.717) is 6.54 Å². The monoisotopic (exact) mass is 290 g/mol. The fraction of sp³-hybridized carbons (Fsp3) is 0.611. The molecule has 0 spiro atoms. The van der Waals surface area contributed by atoms with Crippen LogP contribution in [0.2, 0.25) is 0 Å². The van der Waals surface area contributed by atoms with Gasteiger partial charge in [-0.1, -0.05) is 45.7 Å². The summed E-state index contributed by atoms with van der Waals surface area (Å²) < 4.78 is 0. The molecular weight excluding hydrogens is 260 g/mol. The lowest BCUT2D eigenvalue weighted by atomic mass is 9.96. The van der Waals surface area contributed by atoms with Crippen LogP contribution in [-0.4, -0.2) is 12.5 Å². The summed E-state index contributed by atoms with van der Waals surface area (Å²) in [6, 6.07) is 8.06. The van der Waals surface area contributed by atoms with Gasteiger partial charge in [-0.3, -0.25) is 4.79 Å². The third-order valence-electron chi connectivity index (χ3n) is 3.82. The Morgan fingerprint density at radius 3 is 2.05 bits per heavy atom. The van der Waals surface area contributed by atoms with Crippen molar-refractivity contribution in [3.05, 3.63) is 29.8 Å². The summed E-state index contributed by atoms with van der Waals surface area (Å²) in [6.07, 6.45) is 5.04. The van der Waals surface area contributed by atoms with E-state index in [-0.39, 0.29) is 11.8 Å². The van der Waals surface area contributed by atoms with E-state index in [1.807, 2.05) is 29.2 Å². The number of rotatable bonds is 9. The maximum absolute atomic E-state index is 12.9. The summed E-state index contributed by atoms with van der Waals surface area (Å²) in [6.45, 7) is 7.73. The van der Waals surface area contributed by atoms with Gasteiger partial charge in [-0.15, -0.1) is 0 Å². The molecule has 0 bridgehead atoms. The molecule has 0 unspecified atom stereocenters. The van der Waals surface area contributed by atoms with Crippen LogP contribution in [0.1, 0.15) is 58.4 Å². The lowest BCUT2D eigenvalue weighted by Crippen LogP contribution is -2.37. The van der Waals surface area contributed by atoms with E-state index < -0.39 is 0 Å². The van der Waals surface area contributed by atoms with Gasteiger partial charge >= 0.3 is 0 Å². The van der Waals surface area contributed by atoms with E-state index in [0.717, 1.165) is 49.9 Å². The van der Waals surface area contributed by atoms with Crippen molar-refractivity contribution in [1.82, 2.24) is 0 Å². The molecule has 0 aliphatic heterocycles. The molecule has 1 aromatic rings. The lowest BCUT2D eigenvalue weighted by Gasteiger charge is -2.27. The van der Waals surface area contributed by atoms with Gasteiger partial charge in [0, 0.05) is 24.7 Å². The van der Waals surface area contributed by atoms with Gasteiger partial charge in [-0.2, -0.15) is 0 Å². The highest BCUT2D eigenvalue weighted by molar-refractivity contribution is 5.95. The van der Waals surface area contributed by atoms with Gasteiger partial charge < -0.3 is 10.6 Å². The van der Waals surface area contributed by atoms with Gasteiger partial charge in [0.1, 0.15) is 0 Å². The molecule has 0 aliphatic carbocycles. The van der Waals surface area contributed by atoms with E-state index in [1.54, 1.807) is 0 Å². The molecule has 0 aromatic heterocycles. The van der Waals surface area contributed by atoms with Crippen LogP contribution < -0.4 is 10.6 Å². The van der Waals surface area contributed by atoms with Crippen molar-refractivity contribution in [2.75, 3.05) is 11.4 Å². The fourth-order valence-corrected chi connectivity index (χ4v) is 2.71. The van der Waals surface area contributed by atoms with E-state index in [9.17, 15) is 4.79 Å². The highest BCUT2D eigenvalue weighted by Crippen LogP contribution is 2.23. The van der Waals surface area contributed by atoms with Gasteiger partial charge in [0.25, 0.3) is 0 Å². The minimum Gasteiger partial charge on any atom is -0.326 e. The second-order valence-electron chi connectivity index (χ2n) is 5.63. The Hall–Kier alpha value is -1.35. The summed E-state index contributed by atoms with van der Waals surface area (Å²) in [5.74, 6) is 0.432. The number of carbonyl (C=O) groups excluding carboxylic acids is 1. The average Bonchev–Trinajstić information content (AvgIpc) is 2.52. The van der Waals surface area contributed by atoms with Crippen LogP contribution in [0.4, 0.5) is 5.69 Å².